The predicted octanol–water partition coefficient (Wildman–Crippen LogP) is 3.60. The zero-order chi connectivity index (χ0) is 20.1. The third-order valence-corrected chi connectivity index (χ3v) is 4.64. The van der Waals surface area contributed by atoms with Gasteiger partial charge in [-0.05, 0) is 35.4 Å². The second-order valence-corrected chi connectivity index (χ2v) is 6.45. The summed E-state index contributed by atoms with van der Waals surface area (Å²) in [5, 5.41) is 3.32. The van der Waals surface area contributed by atoms with E-state index in [1.54, 1.807) is 32.4 Å². The minimum atomic E-state index is -4.71. The van der Waals surface area contributed by atoms with Crippen LogP contribution in [-0.4, -0.2) is 51.7 Å². The lowest BCUT2D eigenvalue weighted by Gasteiger charge is -2.36. The van der Waals surface area contributed by atoms with Gasteiger partial charge in [-0.25, -0.2) is 0 Å². The SMILES string of the molecule is COc1cc(OC)cc([C@@H](c2ccc(OC(F)(F)F)cc2)N2CCNCC2)c1. The molecule has 1 saturated heterocycles. The fourth-order valence-corrected chi connectivity index (χ4v) is 3.39. The highest BCUT2D eigenvalue weighted by Crippen LogP contribution is 2.35. The summed E-state index contributed by atoms with van der Waals surface area (Å²) >= 11 is 0. The van der Waals surface area contributed by atoms with Crippen LogP contribution in [-0.2, 0) is 0 Å². The van der Waals surface area contributed by atoms with E-state index in [0.717, 1.165) is 37.3 Å². The fourth-order valence-electron chi connectivity index (χ4n) is 3.39. The molecule has 0 unspecified atom stereocenters. The molecule has 1 fully saturated rings. The van der Waals surface area contributed by atoms with Crippen molar-refractivity contribution in [2.75, 3.05) is 40.4 Å². The quantitative estimate of drug-likeness (QED) is 0.808. The summed E-state index contributed by atoms with van der Waals surface area (Å²) in [4.78, 5) is 2.28. The van der Waals surface area contributed by atoms with Gasteiger partial charge in [-0.15, -0.1) is 13.2 Å². The molecule has 2 aromatic carbocycles. The summed E-state index contributed by atoms with van der Waals surface area (Å²) in [7, 11) is 3.17. The number of piperazine rings is 1. The Hall–Kier alpha value is -2.45. The highest BCUT2D eigenvalue weighted by molar-refractivity contribution is 5.44. The monoisotopic (exact) mass is 396 g/mol. The molecule has 0 aliphatic carbocycles. The van der Waals surface area contributed by atoms with Crippen molar-refractivity contribution in [3.05, 3.63) is 53.6 Å². The molecular formula is C20H23F3N2O3. The van der Waals surface area contributed by atoms with Crippen molar-refractivity contribution in [3.8, 4) is 17.2 Å². The van der Waals surface area contributed by atoms with Crippen LogP contribution in [0.2, 0.25) is 0 Å². The minimum absolute atomic E-state index is 0.147. The molecule has 0 radical (unpaired) electrons. The van der Waals surface area contributed by atoms with Crippen molar-refractivity contribution < 1.29 is 27.4 Å². The molecule has 0 amide bonds. The zero-order valence-corrected chi connectivity index (χ0v) is 15.8. The molecule has 1 atom stereocenters. The molecule has 1 N–H and O–H groups in total. The Bertz CT molecular complexity index is 753. The Labute approximate surface area is 162 Å². The summed E-state index contributed by atoms with van der Waals surface area (Å²) in [6, 6.07) is 11.5. The number of ether oxygens (including phenoxy) is 3. The molecule has 1 aliphatic rings. The zero-order valence-electron chi connectivity index (χ0n) is 15.8. The van der Waals surface area contributed by atoms with Gasteiger partial charge in [0, 0.05) is 32.2 Å². The van der Waals surface area contributed by atoms with Gasteiger partial charge in [0.05, 0.1) is 20.3 Å². The van der Waals surface area contributed by atoms with E-state index in [2.05, 4.69) is 15.0 Å². The van der Waals surface area contributed by atoms with Gasteiger partial charge in [-0.2, -0.15) is 0 Å². The molecule has 1 aliphatic heterocycles. The lowest BCUT2D eigenvalue weighted by atomic mass is 9.95. The lowest BCUT2D eigenvalue weighted by molar-refractivity contribution is -0.274. The number of hydrogen-bond donors (Lipinski definition) is 1. The van der Waals surface area contributed by atoms with Crippen LogP contribution < -0.4 is 19.5 Å². The van der Waals surface area contributed by atoms with Crippen LogP contribution in [0.3, 0.4) is 0 Å². The van der Waals surface area contributed by atoms with E-state index in [4.69, 9.17) is 9.47 Å². The van der Waals surface area contributed by atoms with Crippen LogP contribution in [0, 0.1) is 0 Å². The summed E-state index contributed by atoms with van der Waals surface area (Å²) in [6.07, 6.45) is -4.71. The maximum atomic E-state index is 12.5. The van der Waals surface area contributed by atoms with Gasteiger partial charge >= 0.3 is 6.36 Å². The standard InChI is InChI=1S/C20H23F3N2O3/c1-26-17-11-15(12-18(13-17)27-2)19(25-9-7-24-8-10-25)14-3-5-16(6-4-14)28-20(21,22)23/h3-6,11-13,19,24H,7-10H2,1-2H3/t19-/m1/s1. The Kier molecular flexibility index (Phi) is 6.31. The van der Waals surface area contributed by atoms with Crippen molar-refractivity contribution in [1.29, 1.82) is 0 Å². The van der Waals surface area contributed by atoms with Crippen molar-refractivity contribution in [2.45, 2.75) is 12.4 Å². The summed E-state index contributed by atoms with van der Waals surface area (Å²) in [6.45, 7) is 3.30. The van der Waals surface area contributed by atoms with Crippen LogP contribution in [0.1, 0.15) is 17.2 Å². The normalized spacial score (nSPS) is 16.5. The van der Waals surface area contributed by atoms with E-state index in [1.165, 1.54) is 12.1 Å². The number of halogens is 3. The predicted molar refractivity (Wildman–Crippen MR) is 99.0 cm³/mol. The molecule has 0 aromatic heterocycles. The molecule has 0 saturated carbocycles. The summed E-state index contributed by atoms with van der Waals surface area (Å²) in [5.74, 6) is 1.08. The fraction of sp³-hybridized carbons (Fsp3) is 0.400. The number of rotatable bonds is 6. The maximum absolute atomic E-state index is 12.5. The van der Waals surface area contributed by atoms with Gasteiger partial charge in [0.2, 0.25) is 0 Å². The van der Waals surface area contributed by atoms with Crippen molar-refractivity contribution in [1.82, 2.24) is 10.2 Å². The lowest BCUT2D eigenvalue weighted by Crippen LogP contribution is -2.45. The molecule has 8 heteroatoms. The third-order valence-electron chi connectivity index (χ3n) is 4.64. The number of nitrogens with one attached hydrogen (secondary N) is 1. The van der Waals surface area contributed by atoms with Crippen LogP contribution in [0.25, 0.3) is 0 Å². The van der Waals surface area contributed by atoms with Crippen LogP contribution in [0.5, 0.6) is 17.2 Å². The molecule has 5 nitrogen and oxygen atoms in total. The van der Waals surface area contributed by atoms with Gasteiger partial charge in [0.25, 0.3) is 0 Å². The number of hydrogen-bond acceptors (Lipinski definition) is 5. The first-order chi connectivity index (χ1) is 13.4. The summed E-state index contributed by atoms with van der Waals surface area (Å²) in [5.41, 5.74) is 1.81. The Morgan fingerprint density at radius 3 is 1.93 bits per heavy atom. The molecular weight excluding hydrogens is 373 g/mol. The average molecular weight is 396 g/mol. The molecule has 0 spiro atoms. The van der Waals surface area contributed by atoms with E-state index < -0.39 is 6.36 Å². The van der Waals surface area contributed by atoms with Crippen LogP contribution in [0.15, 0.2) is 42.5 Å². The summed E-state index contributed by atoms with van der Waals surface area (Å²) < 4.78 is 52.1. The van der Waals surface area contributed by atoms with Gasteiger partial charge in [0.1, 0.15) is 17.2 Å². The second-order valence-electron chi connectivity index (χ2n) is 6.45. The van der Waals surface area contributed by atoms with Crippen molar-refractivity contribution in [3.63, 3.8) is 0 Å². The smallest absolute Gasteiger partial charge is 0.497 e. The van der Waals surface area contributed by atoms with Crippen LogP contribution in [0.4, 0.5) is 13.2 Å². The minimum Gasteiger partial charge on any atom is -0.497 e. The van der Waals surface area contributed by atoms with Gasteiger partial charge in [0.15, 0.2) is 0 Å². The van der Waals surface area contributed by atoms with E-state index in [9.17, 15) is 13.2 Å². The Morgan fingerprint density at radius 1 is 0.857 bits per heavy atom. The first-order valence-corrected chi connectivity index (χ1v) is 8.93. The number of nitrogens with zero attached hydrogens (tertiary/aromatic N) is 1. The van der Waals surface area contributed by atoms with E-state index in [1.807, 2.05) is 12.1 Å². The van der Waals surface area contributed by atoms with E-state index in [0.29, 0.717) is 11.5 Å². The number of benzene rings is 2. The average Bonchev–Trinajstić information content (AvgIpc) is 2.69. The molecule has 1 heterocycles. The Balaban J connectivity index is 1.98. The largest absolute Gasteiger partial charge is 0.573 e. The molecule has 28 heavy (non-hydrogen) atoms. The van der Waals surface area contributed by atoms with E-state index in [-0.39, 0.29) is 11.8 Å². The Morgan fingerprint density at radius 2 is 1.43 bits per heavy atom. The number of alkyl halides is 3. The van der Waals surface area contributed by atoms with Gasteiger partial charge in [-0.1, -0.05) is 12.1 Å². The van der Waals surface area contributed by atoms with E-state index >= 15 is 0 Å². The molecule has 152 valence electrons. The first-order valence-electron chi connectivity index (χ1n) is 8.93. The van der Waals surface area contributed by atoms with Crippen molar-refractivity contribution >= 4 is 0 Å². The molecule has 2 aromatic rings. The molecule has 3 rings (SSSR count). The van der Waals surface area contributed by atoms with Crippen molar-refractivity contribution in [2.24, 2.45) is 0 Å². The number of methoxy groups -OCH3 is 2. The van der Waals surface area contributed by atoms with Gasteiger partial charge < -0.3 is 19.5 Å². The third kappa shape index (κ3) is 5.08. The highest BCUT2D eigenvalue weighted by atomic mass is 19.4. The highest BCUT2D eigenvalue weighted by Gasteiger charge is 2.31. The van der Waals surface area contributed by atoms with Gasteiger partial charge in [-0.3, -0.25) is 4.90 Å². The maximum Gasteiger partial charge on any atom is 0.573 e. The first kappa shape index (κ1) is 20.3. The van der Waals surface area contributed by atoms with Crippen LogP contribution >= 0.6 is 0 Å². The molecule has 0 bridgehead atoms. The topological polar surface area (TPSA) is 43.0 Å². The second kappa shape index (κ2) is 8.70.